The smallest absolute Gasteiger partial charge is 0.250 e. The number of sulfonamides is 1. The maximum Gasteiger partial charge on any atom is 0.250 e. The Morgan fingerprint density at radius 1 is 1.25 bits per heavy atom. The molecule has 0 bridgehead atoms. The number of aryl methyl sites for hydroxylation is 2. The summed E-state index contributed by atoms with van der Waals surface area (Å²) >= 11 is 2.88. The molecule has 0 saturated heterocycles. The van der Waals surface area contributed by atoms with Gasteiger partial charge in [-0.05, 0) is 37.1 Å². The van der Waals surface area contributed by atoms with Crippen LogP contribution in [0.25, 0.3) is 0 Å². The SMILES string of the molecule is CCc1ccc(CNS(=O)(=O)c2cc(C)c(CN)s2)s1. The zero-order valence-electron chi connectivity index (χ0n) is 11.5. The van der Waals surface area contributed by atoms with E-state index in [0.717, 1.165) is 21.7 Å². The first-order valence-corrected chi connectivity index (χ1v) is 9.44. The van der Waals surface area contributed by atoms with Gasteiger partial charge < -0.3 is 5.73 Å². The third kappa shape index (κ3) is 3.48. The lowest BCUT2D eigenvalue weighted by atomic mass is 10.3. The van der Waals surface area contributed by atoms with E-state index in [1.54, 1.807) is 17.4 Å². The molecule has 7 heteroatoms. The molecule has 0 aliphatic carbocycles. The van der Waals surface area contributed by atoms with Gasteiger partial charge >= 0.3 is 0 Å². The largest absolute Gasteiger partial charge is 0.326 e. The van der Waals surface area contributed by atoms with Crippen molar-refractivity contribution in [1.29, 1.82) is 0 Å². The third-order valence-corrected chi connectivity index (χ3v) is 7.31. The molecule has 0 fully saturated rings. The van der Waals surface area contributed by atoms with E-state index in [1.807, 2.05) is 19.1 Å². The highest BCUT2D eigenvalue weighted by atomic mass is 32.2. The number of nitrogens with two attached hydrogens (primary N) is 1. The zero-order valence-corrected chi connectivity index (χ0v) is 13.9. The molecule has 2 heterocycles. The normalized spacial score (nSPS) is 11.9. The molecule has 0 radical (unpaired) electrons. The lowest BCUT2D eigenvalue weighted by molar-refractivity contribution is 0.584. The summed E-state index contributed by atoms with van der Waals surface area (Å²) in [5.74, 6) is 0. The first-order valence-electron chi connectivity index (χ1n) is 6.33. The van der Waals surface area contributed by atoms with Crippen LogP contribution in [0.1, 0.15) is 27.1 Å². The van der Waals surface area contributed by atoms with Gasteiger partial charge in [0.15, 0.2) is 0 Å². The van der Waals surface area contributed by atoms with Crippen LogP contribution in [0.3, 0.4) is 0 Å². The highest BCUT2D eigenvalue weighted by Gasteiger charge is 2.18. The average molecular weight is 330 g/mol. The predicted molar refractivity (Wildman–Crippen MR) is 84.7 cm³/mol. The van der Waals surface area contributed by atoms with E-state index in [4.69, 9.17) is 5.73 Å². The molecule has 0 saturated carbocycles. The van der Waals surface area contributed by atoms with Gasteiger partial charge in [-0.15, -0.1) is 22.7 Å². The van der Waals surface area contributed by atoms with E-state index in [0.29, 0.717) is 17.3 Å². The Bertz CT molecular complexity index is 686. The van der Waals surface area contributed by atoms with Crippen LogP contribution in [-0.2, 0) is 29.5 Å². The van der Waals surface area contributed by atoms with Crippen LogP contribution in [0.5, 0.6) is 0 Å². The Morgan fingerprint density at radius 3 is 2.50 bits per heavy atom. The van der Waals surface area contributed by atoms with Crippen LogP contribution in [-0.4, -0.2) is 8.42 Å². The van der Waals surface area contributed by atoms with Crippen LogP contribution in [0.15, 0.2) is 22.4 Å². The van der Waals surface area contributed by atoms with Gasteiger partial charge in [-0.25, -0.2) is 13.1 Å². The molecule has 2 aromatic heterocycles. The van der Waals surface area contributed by atoms with Crippen molar-refractivity contribution in [3.63, 3.8) is 0 Å². The van der Waals surface area contributed by atoms with Gasteiger partial charge in [0.2, 0.25) is 10.0 Å². The van der Waals surface area contributed by atoms with Crippen LogP contribution in [0, 0.1) is 6.92 Å². The topological polar surface area (TPSA) is 72.2 Å². The summed E-state index contributed by atoms with van der Waals surface area (Å²) in [5, 5.41) is 0. The van der Waals surface area contributed by atoms with E-state index in [1.165, 1.54) is 16.2 Å². The Hall–Kier alpha value is -0.730. The number of thiophene rings is 2. The Labute approximate surface area is 127 Å². The van der Waals surface area contributed by atoms with Gasteiger partial charge in [-0.3, -0.25) is 0 Å². The molecule has 20 heavy (non-hydrogen) atoms. The summed E-state index contributed by atoms with van der Waals surface area (Å²) in [6, 6.07) is 5.69. The monoisotopic (exact) mass is 330 g/mol. The molecule has 4 nitrogen and oxygen atoms in total. The fourth-order valence-electron chi connectivity index (χ4n) is 1.77. The van der Waals surface area contributed by atoms with E-state index < -0.39 is 10.0 Å². The summed E-state index contributed by atoms with van der Waals surface area (Å²) < 4.78 is 27.4. The molecular formula is C13H18N2O2S3. The average Bonchev–Trinajstić information content (AvgIpc) is 3.02. The van der Waals surface area contributed by atoms with Crippen LogP contribution >= 0.6 is 22.7 Å². The van der Waals surface area contributed by atoms with Gasteiger partial charge in [-0.1, -0.05) is 6.92 Å². The molecule has 0 aliphatic heterocycles. The van der Waals surface area contributed by atoms with Crippen LogP contribution < -0.4 is 10.5 Å². The zero-order chi connectivity index (χ0) is 14.8. The molecule has 0 atom stereocenters. The third-order valence-electron chi connectivity index (χ3n) is 2.95. The second-order valence-corrected chi connectivity index (χ2v) is 8.81. The summed E-state index contributed by atoms with van der Waals surface area (Å²) in [6.07, 6.45) is 0.974. The van der Waals surface area contributed by atoms with Crippen molar-refractivity contribution >= 4 is 32.7 Å². The lowest BCUT2D eigenvalue weighted by Gasteiger charge is -2.02. The van der Waals surface area contributed by atoms with Crippen LogP contribution in [0.4, 0.5) is 0 Å². The molecule has 0 amide bonds. The highest BCUT2D eigenvalue weighted by molar-refractivity contribution is 7.91. The van der Waals surface area contributed by atoms with E-state index in [2.05, 4.69) is 11.6 Å². The minimum atomic E-state index is -3.45. The minimum absolute atomic E-state index is 0.335. The molecule has 2 rings (SSSR count). The maximum absolute atomic E-state index is 12.2. The number of hydrogen-bond acceptors (Lipinski definition) is 5. The minimum Gasteiger partial charge on any atom is -0.326 e. The standard InChI is InChI=1S/C13H18N2O2S3/c1-3-10-4-5-11(18-10)8-15-20(16,17)13-6-9(2)12(7-14)19-13/h4-6,15H,3,7-8,14H2,1-2H3. The maximum atomic E-state index is 12.2. The van der Waals surface area contributed by atoms with Crippen molar-refractivity contribution in [2.24, 2.45) is 5.73 Å². The second-order valence-electron chi connectivity index (χ2n) is 4.42. The van der Waals surface area contributed by atoms with Crippen molar-refractivity contribution < 1.29 is 8.42 Å². The summed E-state index contributed by atoms with van der Waals surface area (Å²) in [6.45, 7) is 4.67. The van der Waals surface area contributed by atoms with E-state index in [-0.39, 0.29) is 0 Å². The van der Waals surface area contributed by atoms with E-state index in [9.17, 15) is 8.42 Å². The van der Waals surface area contributed by atoms with Crippen LogP contribution in [0.2, 0.25) is 0 Å². The molecule has 3 N–H and O–H groups in total. The Morgan fingerprint density at radius 2 is 1.95 bits per heavy atom. The highest BCUT2D eigenvalue weighted by Crippen LogP contribution is 2.26. The van der Waals surface area contributed by atoms with Crippen molar-refractivity contribution in [2.45, 2.75) is 37.6 Å². The van der Waals surface area contributed by atoms with Crippen molar-refractivity contribution in [3.8, 4) is 0 Å². The molecule has 110 valence electrons. The van der Waals surface area contributed by atoms with Crippen molar-refractivity contribution in [3.05, 3.63) is 38.4 Å². The number of nitrogens with one attached hydrogen (secondary N) is 1. The number of rotatable bonds is 6. The van der Waals surface area contributed by atoms with Crippen molar-refractivity contribution in [2.75, 3.05) is 0 Å². The van der Waals surface area contributed by atoms with Gasteiger partial charge in [0.05, 0.1) is 0 Å². The summed E-state index contributed by atoms with van der Waals surface area (Å²) in [4.78, 5) is 3.20. The van der Waals surface area contributed by atoms with Gasteiger partial charge in [-0.2, -0.15) is 0 Å². The molecule has 2 aromatic rings. The van der Waals surface area contributed by atoms with Gasteiger partial charge in [0.1, 0.15) is 4.21 Å². The lowest BCUT2D eigenvalue weighted by Crippen LogP contribution is -2.21. The molecule has 0 unspecified atom stereocenters. The Balaban J connectivity index is 2.10. The second kappa shape index (κ2) is 6.36. The summed E-state index contributed by atoms with van der Waals surface area (Å²) in [5.41, 5.74) is 6.52. The molecule has 0 aliphatic rings. The first-order chi connectivity index (χ1) is 9.46. The molecule has 0 spiro atoms. The van der Waals surface area contributed by atoms with E-state index >= 15 is 0 Å². The fraction of sp³-hybridized carbons (Fsp3) is 0.385. The summed E-state index contributed by atoms with van der Waals surface area (Å²) in [7, 11) is -3.45. The van der Waals surface area contributed by atoms with Crippen molar-refractivity contribution in [1.82, 2.24) is 4.72 Å². The van der Waals surface area contributed by atoms with Gasteiger partial charge in [0.25, 0.3) is 0 Å². The molecular weight excluding hydrogens is 312 g/mol. The number of hydrogen-bond donors (Lipinski definition) is 2. The molecule has 0 aromatic carbocycles. The first kappa shape index (κ1) is 15.7. The fourth-order valence-corrected chi connectivity index (χ4v) is 5.28. The Kier molecular flexibility index (Phi) is 4.98. The predicted octanol–water partition coefficient (Wildman–Crippen LogP) is 2.62. The quantitative estimate of drug-likeness (QED) is 0.855. The van der Waals surface area contributed by atoms with Gasteiger partial charge in [0, 0.05) is 27.7 Å².